The maximum absolute atomic E-state index is 11.2. The molecule has 0 aromatic carbocycles. The lowest BCUT2D eigenvalue weighted by atomic mass is 10.2. The molecule has 0 saturated carbocycles. The summed E-state index contributed by atoms with van der Waals surface area (Å²) >= 11 is 0. The quantitative estimate of drug-likeness (QED) is 0.121. The van der Waals surface area contributed by atoms with E-state index in [1.165, 1.54) is 0 Å². The van der Waals surface area contributed by atoms with Crippen molar-refractivity contribution in [1.82, 2.24) is 0 Å². The molecule has 248 valence electrons. The van der Waals surface area contributed by atoms with Gasteiger partial charge in [0.05, 0.1) is 56.9 Å². The van der Waals surface area contributed by atoms with Crippen LogP contribution in [0.15, 0.2) is 36.5 Å². The molecule has 4 unspecified atom stereocenters. The van der Waals surface area contributed by atoms with Gasteiger partial charge in [-0.1, -0.05) is 81.0 Å². The van der Waals surface area contributed by atoms with Crippen molar-refractivity contribution in [3.8, 4) is 0 Å². The van der Waals surface area contributed by atoms with Gasteiger partial charge in [0.2, 0.25) is 0 Å². The molecule has 2 saturated heterocycles. The van der Waals surface area contributed by atoms with Gasteiger partial charge in [-0.15, -0.1) is 0 Å². The van der Waals surface area contributed by atoms with E-state index in [2.05, 4.69) is 19.7 Å². The molecule has 0 aromatic heterocycles. The highest BCUT2D eigenvalue weighted by Crippen LogP contribution is 2.23. The fourth-order valence-electron chi connectivity index (χ4n) is 2.38. The molecule has 2 heterocycles. The predicted molar refractivity (Wildman–Crippen MR) is 169 cm³/mol. The number of hydrogen-bond donors (Lipinski definition) is 3. The summed E-state index contributed by atoms with van der Waals surface area (Å²) < 4.78 is 19.6. The number of aliphatic hydroxyl groups excluding tert-OH is 2. The Morgan fingerprint density at radius 3 is 1.20 bits per heavy atom. The number of carbonyl (C=O) groups is 3. The first-order valence-electron chi connectivity index (χ1n) is 11.3. The van der Waals surface area contributed by atoms with Gasteiger partial charge >= 0.3 is 17.9 Å². The fourth-order valence-corrected chi connectivity index (χ4v) is 2.38. The lowest BCUT2D eigenvalue weighted by molar-refractivity contribution is -0.148. The lowest BCUT2D eigenvalue weighted by Crippen LogP contribution is -2.27. The Morgan fingerprint density at radius 2 is 1.00 bits per heavy atom. The standard InChI is InChI=1S/C15H24O6.2C5H8O2.6CH4/c1-10(2)5-14(18)20-8-12(16)7-13(17)9-21-15(19)6-11(3)4;1(4-2-6-4)5-3-7-5;1-4(2)3-5(6)7;;;;;;/h12-13,16-17H,1,3,5-9H2,2,4H3;4-5H,1-3H2;1,3H2,2H3,(H,6,7);6*1H4. The van der Waals surface area contributed by atoms with Crippen LogP contribution in [0.25, 0.3) is 0 Å². The van der Waals surface area contributed by atoms with Crippen LogP contribution in [0, 0.1) is 0 Å². The second-order valence-corrected chi connectivity index (χ2v) is 8.85. The minimum atomic E-state index is -1.02. The second kappa shape index (κ2) is 30.4. The van der Waals surface area contributed by atoms with E-state index < -0.39 is 30.1 Å². The molecule has 10 heteroatoms. The van der Waals surface area contributed by atoms with Gasteiger partial charge in [0.1, 0.15) is 13.2 Å². The molecular formula is C31H64O10. The molecule has 3 N–H and O–H groups in total. The number of esters is 2. The minimum absolute atomic E-state index is 0. The number of epoxide rings is 2. The molecule has 2 aliphatic rings. The number of aliphatic hydroxyl groups is 2. The molecule has 41 heavy (non-hydrogen) atoms. The van der Waals surface area contributed by atoms with Crippen molar-refractivity contribution in [1.29, 1.82) is 0 Å². The Hall–Kier alpha value is -2.53. The van der Waals surface area contributed by atoms with E-state index in [0.717, 1.165) is 19.6 Å². The van der Waals surface area contributed by atoms with Crippen molar-refractivity contribution in [3.05, 3.63) is 36.5 Å². The van der Waals surface area contributed by atoms with Gasteiger partial charge < -0.3 is 34.3 Å². The van der Waals surface area contributed by atoms with Gasteiger partial charge in [-0.2, -0.15) is 0 Å². The summed E-state index contributed by atoms with van der Waals surface area (Å²) in [5.41, 5.74) is 2.02. The van der Waals surface area contributed by atoms with Crippen LogP contribution in [0.2, 0.25) is 0 Å². The normalized spacial score (nSPS) is 16.0. The Labute approximate surface area is 251 Å². The summed E-state index contributed by atoms with van der Waals surface area (Å²) in [7, 11) is 0. The van der Waals surface area contributed by atoms with Crippen LogP contribution in [0.3, 0.4) is 0 Å². The first-order chi connectivity index (χ1) is 16.3. The molecule has 10 nitrogen and oxygen atoms in total. The SMILES string of the molecule is C.C.C.C.C.C.C1OC1CC1CO1.C=C(C)CC(=O)O.C=C(C)CC(=O)OCC(O)CC(O)COC(=O)CC(=C)C. The van der Waals surface area contributed by atoms with E-state index in [1.54, 1.807) is 20.8 Å². The van der Waals surface area contributed by atoms with Crippen molar-refractivity contribution in [2.45, 2.75) is 122 Å². The summed E-state index contributed by atoms with van der Waals surface area (Å²) in [5, 5.41) is 27.2. The fraction of sp³-hybridized carbons (Fsp3) is 0.710. The van der Waals surface area contributed by atoms with Crippen molar-refractivity contribution in [2.75, 3.05) is 26.4 Å². The van der Waals surface area contributed by atoms with E-state index in [1.807, 2.05) is 0 Å². The number of carboxylic acid groups (broad SMARTS) is 1. The van der Waals surface area contributed by atoms with Crippen molar-refractivity contribution >= 4 is 17.9 Å². The third kappa shape index (κ3) is 42.1. The molecule has 0 radical (unpaired) electrons. The molecule has 0 spiro atoms. The average molecular weight is 597 g/mol. The first kappa shape index (κ1) is 54.5. The predicted octanol–water partition coefficient (Wildman–Crippen LogP) is 6.15. The molecular weight excluding hydrogens is 532 g/mol. The van der Waals surface area contributed by atoms with Crippen LogP contribution in [0.1, 0.15) is 97.4 Å². The van der Waals surface area contributed by atoms with Gasteiger partial charge in [-0.3, -0.25) is 14.4 Å². The molecule has 0 aliphatic carbocycles. The van der Waals surface area contributed by atoms with Crippen LogP contribution >= 0.6 is 0 Å². The minimum Gasteiger partial charge on any atom is -0.481 e. The lowest BCUT2D eigenvalue weighted by Gasteiger charge is -2.16. The second-order valence-electron chi connectivity index (χ2n) is 8.85. The maximum Gasteiger partial charge on any atom is 0.309 e. The van der Waals surface area contributed by atoms with Crippen molar-refractivity contribution in [3.63, 3.8) is 0 Å². The molecule has 0 aromatic rings. The van der Waals surface area contributed by atoms with Crippen molar-refractivity contribution < 1.29 is 48.7 Å². The summed E-state index contributed by atoms with van der Waals surface area (Å²) in [4.78, 5) is 32.2. The Bertz CT molecular complexity index is 666. The van der Waals surface area contributed by atoms with Gasteiger partial charge in [0.15, 0.2) is 0 Å². The van der Waals surface area contributed by atoms with Crippen LogP contribution in [0.5, 0.6) is 0 Å². The van der Waals surface area contributed by atoms with Crippen molar-refractivity contribution in [2.24, 2.45) is 0 Å². The average Bonchev–Trinajstić information content (AvgIpc) is 3.62. The van der Waals surface area contributed by atoms with E-state index >= 15 is 0 Å². The van der Waals surface area contributed by atoms with Gasteiger partial charge in [-0.25, -0.2) is 0 Å². The Balaban J connectivity index is -0.0000000960. The van der Waals surface area contributed by atoms with E-state index in [-0.39, 0.29) is 83.5 Å². The number of carboxylic acids is 1. The topological polar surface area (TPSA) is 155 Å². The number of carbonyl (C=O) groups excluding carboxylic acids is 2. The van der Waals surface area contributed by atoms with Gasteiger partial charge in [0, 0.05) is 12.8 Å². The first-order valence-corrected chi connectivity index (χ1v) is 11.3. The zero-order chi connectivity index (χ0) is 27.0. The van der Waals surface area contributed by atoms with Gasteiger partial charge in [0.25, 0.3) is 0 Å². The smallest absolute Gasteiger partial charge is 0.309 e. The summed E-state index contributed by atoms with van der Waals surface area (Å²) in [6.07, 6.45) is 0.435. The molecule has 2 aliphatic heterocycles. The molecule has 2 rings (SSSR count). The highest BCUT2D eigenvalue weighted by atomic mass is 16.6. The maximum atomic E-state index is 11.2. The molecule has 2 fully saturated rings. The van der Waals surface area contributed by atoms with Gasteiger partial charge in [-0.05, 0) is 20.8 Å². The zero-order valence-electron chi connectivity index (χ0n) is 21.0. The van der Waals surface area contributed by atoms with Crippen LogP contribution in [-0.4, -0.2) is 84.1 Å². The van der Waals surface area contributed by atoms with E-state index in [0.29, 0.717) is 28.9 Å². The molecule has 4 atom stereocenters. The highest BCUT2D eigenvalue weighted by molar-refractivity contribution is 5.72. The zero-order valence-corrected chi connectivity index (χ0v) is 21.0. The molecule has 0 amide bonds. The number of hydrogen-bond acceptors (Lipinski definition) is 9. The van der Waals surface area contributed by atoms with E-state index in [4.69, 9.17) is 24.1 Å². The van der Waals surface area contributed by atoms with Crippen LogP contribution < -0.4 is 0 Å². The molecule has 0 bridgehead atoms. The third-order valence-electron chi connectivity index (χ3n) is 4.09. The third-order valence-corrected chi connectivity index (χ3v) is 4.09. The summed E-state index contributed by atoms with van der Waals surface area (Å²) in [6, 6.07) is 0. The highest BCUT2D eigenvalue weighted by Gasteiger charge is 2.32. The number of aliphatic carboxylic acids is 1. The van der Waals surface area contributed by atoms with E-state index in [9.17, 15) is 24.6 Å². The summed E-state index contributed by atoms with van der Waals surface area (Å²) in [6.45, 7) is 17.1. The van der Waals surface area contributed by atoms with Crippen LogP contribution in [0.4, 0.5) is 0 Å². The summed E-state index contributed by atoms with van der Waals surface area (Å²) in [5.74, 6) is -1.78. The Kier molecular flexibility index (Phi) is 40.5. The van der Waals surface area contributed by atoms with Crippen LogP contribution in [-0.2, 0) is 33.3 Å². The Morgan fingerprint density at radius 1 is 0.707 bits per heavy atom. The number of ether oxygens (including phenoxy) is 4. The monoisotopic (exact) mass is 596 g/mol. The number of rotatable bonds is 14. The largest absolute Gasteiger partial charge is 0.481 e.